The van der Waals surface area contributed by atoms with E-state index in [1.165, 1.54) is 12.3 Å². The van der Waals surface area contributed by atoms with E-state index in [1.807, 2.05) is 25.1 Å². The topological polar surface area (TPSA) is 93.5 Å². The van der Waals surface area contributed by atoms with E-state index in [0.717, 1.165) is 10.5 Å². The molecule has 132 valence electrons. The summed E-state index contributed by atoms with van der Waals surface area (Å²) in [4.78, 5) is 27.5. The molecule has 9 heteroatoms. The Labute approximate surface area is 144 Å². The molecule has 0 aliphatic carbocycles. The van der Waals surface area contributed by atoms with Gasteiger partial charge in [0.05, 0.1) is 6.54 Å². The molecule has 3 heterocycles. The maximum absolute atomic E-state index is 12.3. The maximum Gasteiger partial charge on any atom is 0.267 e. The summed E-state index contributed by atoms with van der Waals surface area (Å²) < 4.78 is 6.95. The lowest BCUT2D eigenvalue weighted by Crippen LogP contribution is -2.36. The van der Waals surface area contributed by atoms with Gasteiger partial charge in [-0.25, -0.2) is 4.68 Å². The Morgan fingerprint density at radius 3 is 2.84 bits per heavy atom. The van der Waals surface area contributed by atoms with Crippen LogP contribution in [0.4, 0.5) is 5.82 Å². The zero-order chi connectivity index (χ0) is 17.8. The van der Waals surface area contributed by atoms with Crippen molar-refractivity contribution in [3.8, 4) is 5.88 Å². The molecule has 3 rings (SSSR count). The second-order valence-corrected chi connectivity index (χ2v) is 6.01. The molecule has 0 aromatic carbocycles. The Bertz CT molecular complexity index is 789. The van der Waals surface area contributed by atoms with Gasteiger partial charge >= 0.3 is 0 Å². The Morgan fingerprint density at radius 2 is 2.16 bits per heavy atom. The van der Waals surface area contributed by atoms with Gasteiger partial charge in [-0.2, -0.15) is 5.10 Å². The first kappa shape index (κ1) is 16.9. The lowest BCUT2D eigenvalue weighted by atomic mass is 10.3. The van der Waals surface area contributed by atoms with Gasteiger partial charge in [0, 0.05) is 45.4 Å². The van der Waals surface area contributed by atoms with Crippen molar-refractivity contribution in [1.29, 1.82) is 0 Å². The number of carbonyl (C=O) groups excluding carboxylic acids is 1. The van der Waals surface area contributed by atoms with Crippen molar-refractivity contribution in [1.82, 2.24) is 24.9 Å². The van der Waals surface area contributed by atoms with Crippen LogP contribution in [0.15, 0.2) is 35.3 Å². The third-order valence-corrected chi connectivity index (χ3v) is 3.94. The summed E-state index contributed by atoms with van der Waals surface area (Å²) in [6, 6.07) is 6.52. The highest BCUT2D eigenvalue weighted by Crippen LogP contribution is 2.17. The van der Waals surface area contributed by atoms with Gasteiger partial charge in [0.2, 0.25) is 11.8 Å². The minimum atomic E-state index is -0.292. The smallest absolute Gasteiger partial charge is 0.267 e. The molecule has 1 aliphatic rings. The molecular weight excluding hydrogens is 324 g/mol. The third kappa shape index (κ3) is 4.11. The van der Waals surface area contributed by atoms with Crippen LogP contribution in [-0.2, 0) is 11.3 Å². The van der Waals surface area contributed by atoms with E-state index in [4.69, 9.17) is 4.74 Å². The van der Waals surface area contributed by atoms with Crippen molar-refractivity contribution in [2.24, 2.45) is 0 Å². The fourth-order valence-corrected chi connectivity index (χ4v) is 2.57. The second-order valence-electron chi connectivity index (χ2n) is 6.01. The van der Waals surface area contributed by atoms with E-state index in [-0.39, 0.29) is 24.1 Å². The highest BCUT2D eigenvalue weighted by Gasteiger charge is 2.28. The van der Waals surface area contributed by atoms with Gasteiger partial charge in [0.25, 0.3) is 5.56 Å². The van der Waals surface area contributed by atoms with Crippen LogP contribution in [0.5, 0.6) is 5.88 Å². The molecule has 0 N–H and O–H groups in total. The number of amides is 1. The number of anilines is 1. The summed E-state index contributed by atoms with van der Waals surface area (Å²) >= 11 is 0. The number of ether oxygens (including phenoxy) is 1. The normalized spacial score (nSPS) is 16.7. The molecule has 1 saturated heterocycles. The molecule has 9 nitrogen and oxygen atoms in total. The van der Waals surface area contributed by atoms with Crippen molar-refractivity contribution in [2.75, 3.05) is 32.1 Å². The molecule has 0 saturated carbocycles. The van der Waals surface area contributed by atoms with E-state index in [0.29, 0.717) is 25.4 Å². The summed E-state index contributed by atoms with van der Waals surface area (Å²) in [7, 11) is 3.77. The molecule has 0 unspecified atom stereocenters. The number of aromatic nitrogens is 4. The van der Waals surface area contributed by atoms with Crippen molar-refractivity contribution in [2.45, 2.75) is 19.1 Å². The fourth-order valence-electron chi connectivity index (χ4n) is 2.57. The molecule has 0 bridgehead atoms. The predicted octanol–water partition coefficient (Wildman–Crippen LogP) is -0.221. The van der Waals surface area contributed by atoms with Crippen molar-refractivity contribution >= 4 is 11.7 Å². The Morgan fingerprint density at radius 1 is 1.32 bits per heavy atom. The largest absolute Gasteiger partial charge is 0.471 e. The van der Waals surface area contributed by atoms with Gasteiger partial charge in [-0.05, 0) is 12.1 Å². The molecule has 25 heavy (non-hydrogen) atoms. The van der Waals surface area contributed by atoms with Gasteiger partial charge in [0.15, 0.2) is 5.82 Å². The first-order valence-electron chi connectivity index (χ1n) is 8.00. The summed E-state index contributed by atoms with van der Waals surface area (Å²) in [6.45, 7) is 0.968. The van der Waals surface area contributed by atoms with Crippen LogP contribution in [0.25, 0.3) is 0 Å². The van der Waals surface area contributed by atoms with Gasteiger partial charge in [0.1, 0.15) is 12.6 Å². The number of rotatable bonds is 5. The third-order valence-electron chi connectivity index (χ3n) is 3.94. The number of likely N-dealkylation sites (tertiary alicyclic amines) is 1. The minimum Gasteiger partial charge on any atom is -0.471 e. The highest BCUT2D eigenvalue weighted by molar-refractivity contribution is 5.76. The average molecular weight is 344 g/mol. The quantitative estimate of drug-likeness (QED) is 0.740. The summed E-state index contributed by atoms with van der Waals surface area (Å²) in [5, 5.41) is 12.0. The molecule has 2 aromatic heterocycles. The predicted molar refractivity (Wildman–Crippen MR) is 90.5 cm³/mol. The zero-order valence-corrected chi connectivity index (χ0v) is 14.2. The Hall–Kier alpha value is -2.97. The van der Waals surface area contributed by atoms with Crippen molar-refractivity contribution < 1.29 is 9.53 Å². The summed E-state index contributed by atoms with van der Waals surface area (Å²) in [6.07, 6.45) is 2.06. The van der Waals surface area contributed by atoms with E-state index >= 15 is 0 Å². The summed E-state index contributed by atoms with van der Waals surface area (Å²) in [5.41, 5.74) is -0.292. The van der Waals surface area contributed by atoms with Crippen LogP contribution in [0, 0.1) is 0 Å². The lowest BCUT2D eigenvalue weighted by molar-refractivity contribution is -0.131. The van der Waals surface area contributed by atoms with Crippen LogP contribution in [0.2, 0.25) is 0 Å². The Balaban J connectivity index is 1.55. The van der Waals surface area contributed by atoms with E-state index in [2.05, 4.69) is 15.3 Å². The van der Waals surface area contributed by atoms with Crippen LogP contribution in [0.3, 0.4) is 0 Å². The molecule has 1 aliphatic heterocycles. The van der Waals surface area contributed by atoms with Crippen LogP contribution >= 0.6 is 0 Å². The molecular formula is C16H20N6O3. The monoisotopic (exact) mass is 344 g/mol. The molecule has 1 amide bonds. The first-order chi connectivity index (χ1) is 12.0. The zero-order valence-electron chi connectivity index (χ0n) is 14.2. The SMILES string of the molecule is CN(C)c1ccc(O[C@H]2CCN(C(=O)Cn3ncccc3=O)C2)nn1. The standard InChI is InChI=1S/C16H20N6O3/c1-20(2)13-5-6-14(19-18-13)25-12-7-9-21(10-12)16(24)11-22-15(23)4-3-8-17-22/h3-6,8,12H,7,9-11H2,1-2H3/t12-/m0/s1. The number of hydrogen-bond donors (Lipinski definition) is 0. The molecule has 0 spiro atoms. The molecule has 0 radical (unpaired) electrons. The Kier molecular flexibility index (Phi) is 4.92. The maximum atomic E-state index is 12.3. The number of carbonyl (C=O) groups is 1. The van der Waals surface area contributed by atoms with E-state index in [9.17, 15) is 9.59 Å². The number of hydrogen-bond acceptors (Lipinski definition) is 7. The van der Waals surface area contributed by atoms with Gasteiger partial charge in [-0.3, -0.25) is 9.59 Å². The first-order valence-corrected chi connectivity index (χ1v) is 8.00. The van der Waals surface area contributed by atoms with E-state index in [1.54, 1.807) is 17.0 Å². The van der Waals surface area contributed by atoms with Crippen molar-refractivity contribution in [3.05, 3.63) is 40.8 Å². The van der Waals surface area contributed by atoms with Crippen LogP contribution in [0.1, 0.15) is 6.42 Å². The average Bonchev–Trinajstić information content (AvgIpc) is 3.06. The van der Waals surface area contributed by atoms with Gasteiger partial charge in [-0.1, -0.05) is 0 Å². The lowest BCUT2D eigenvalue weighted by Gasteiger charge is -2.17. The highest BCUT2D eigenvalue weighted by atomic mass is 16.5. The second kappa shape index (κ2) is 7.29. The number of nitrogens with zero attached hydrogens (tertiary/aromatic N) is 6. The van der Waals surface area contributed by atoms with Gasteiger partial charge in [-0.15, -0.1) is 10.2 Å². The fraction of sp³-hybridized carbons (Fsp3) is 0.438. The molecule has 1 fully saturated rings. The van der Waals surface area contributed by atoms with Crippen LogP contribution in [-0.4, -0.2) is 64.1 Å². The van der Waals surface area contributed by atoms with Crippen molar-refractivity contribution in [3.63, 3.8) is 0 Å². The summed E-state index contributed by atoms with van der Waals surface area (Å²) in [5.74, 6) is 1.03. The van der Waals surface area contributed by atoms with Crippen LogP contribution < -0.4 is 15.2 Å². The molecule has 2 aromatic rings. The molecule has 1 atom stereocenters. The van der Waals surface area contributed by atoms with E-state index < -0.39 is 0 Å². The minimum absolute atomic E-state index is 0.0657. The van der Waals surface area contributed by atoms with Gasteiger partial charge < -0.3 is 14.5 Å².